The Morgan fingerprint density at radius 3 is 2.62 bits per heavy atom. The summed E-state index contributed by atoms with van der Waals surface area (Å²) in [5.41, 5.74) is 6.32. The van der Waals surface area contributed by atoms with Crippen LogP contribution in [0.1, 0.15) is 30.2 Å². The minimum Gasteiger partial charge on any atom is -0.384 e. The first kappa shape index (κ1) is 9.64. The number of carbonyl (C=O) groups excluding carboxylic acids is 1. The third-order valence-corrected chi connectivity index (χ3v) is 1.98. The number of carbonyl (C=O) groups is 1. The van der Waals surface area contributed by atoms with Crippen LogP contribution in [-0.2, 0) is 0 Å². The maximum absolute atomic E-state index is 11.3. The zero-order chi connectivity index (χ0) is 10.0. The molecular weight excluding hydrogens is 166 g/mol. The van der Waals surface area contributed by atoms with Gasteiger partial charge in [0.15, 0.2) is 0 Å². The maximum atomic E-state index is 11.3. The molecular formula is C9H15N3O. The van der Waals surface area contributed by atoms with E-state index in [0.717, 1.165) is 0 Å². The smallest absolute Gasteiger partial charge is 0.254 e. The third-order valence-electron chi connectivity index (χ3n) is 1.98. The highest BCUT2D eigenvalue weighted by Gasteiger charge is 2.12. The molecule has 0 aliphatic carbocycles. The zero-order valence-corrected chi connectivity index (χ0v) is 8.16. The van der Waals surface area contributed by atoms with E-state index in [4.69, 9.17) is 5.73 Å². The molecule has 0 spiro atoms. The van der Waals surface area contributed by atoms with Gasteiger partial charge in [0, 0.05) is 19.3 Å². The summed E-state index contributed by atoms with van der Waals surface area (Å²) in [6.07, 6.45) is 1.82. The largest absolute Gasteiger partial charge is 0.384 e. The van der Waals surface area contributed by atoms with Crippen molar-refractivity contribution in [1.82, 2.24) is 9.88 Å². The van der Waals surface area contributed by atoms with Crippen molar-refractivity contribution in [2.24, 2.45) is 0 Å². The second kappa shape index (κ2) is 3.51. The average molecular weight is 181 g/mol. The number of nitrogens with zero attached hydrogens (tertiary/aromatic N) is 1. The van der Waals surface area contributed by atoms with Crippen LogP contribution in [0, 0.1) is 0 Å². The van der Waals surface area contributed by atoms with Gasteiger partial charge in [-0.25, -0.2) is 0 Å². The first-order valence-corrected chi connectivity index (χ1v) is 4.26. The van der Waals surface area contributed by atoms with Crippen molar-refractivity contribution in [3.63, 3.8) is 0 Å². The Bertz CT molecular complexity index is 315. The van der Waals surface area contributed by atoms with Crippen molar-refractivity contribution >= 4 is 11.7 Å². The molecule has 0 bridgehead atoms. The predicted molar refractivity (Wildman–Crippen MR) is 52.6 cm³/mol. The molecule has 0 radical (unpaired) electrons. The molecule has 4 heteroatoms. The lowest BCUT2D eigenvalue weighted by molar-refractivity contribution is 0.0964. The van der Waals surface area contributed by atoms with E-state index in [-0.39, 0.29) is 11.9 Å². The van der Waals surface area contributed by atoms with Crippen molar-refractivity contribution < 1.29 is 4.79 Å². The lowest BCUT2D eigenvalue weighted by Gasteiger charge is -2.10. The van der Waals surface area contributed by atoms with E-state index >= 15 is 0 Å². The number of hydrogen-bond acceptors (Lipinski definition) is 2. The van der Waals surface area contributed by atoms with Gasteiger partial charge in [-0.15, -0.1) is 0 Å². The molecule has 0 saturated carbocycles. The lowest BCUT2D eigenvalue weighted by Crippen LogP contribution is -2.19. The van der Waals surface area contributed by atoms with Crippen molar-refractivity contribution in [1.29, 1.82) is 0 Å². The highest BCUT2D eigenvalue weighted by atomic mass is 16.1. The average Bonchev–Trinajstić information content (AvgIpc) is 2.46. The molecule has 0 aromatic carbocycles. The van der Waals surface area contributed by atoms with Gasteiger partial charge in [0.1, 0.15) is 5.82 Å². The van der Waals surface area contributed by atoms with Gasteiger partial charge in [-0.2, -0.15) is 0 Å². The first-order valence-electron chi connectivity index (χ1n) is 4.26. The quantitative estimate of drug-likeness (QED) is 0.715. The molecule has 72 valence electrons. The topological polar surface area (TPSA) is 60.0 Å². The number of aromatic nitrogens is 1. The van der Waals surface area contributed by atoms with E-state index in [9.17, 15) is 4.79 Å². The summed E-state index contributed by atoms with van der Waals surface area (Å²) in [5.74, 6) is 0.381. The van der Waals surface area contributed by atoms with Gasteiger partial charge >= 0.3 is 0 Å². The van der Waals surface area contributed by atoms with Gasteiger partial charge in [0.25, 0.3) is 5.91 Å². The number of hydrogen-bond donors (Lipinski definition) is 2. The predicted octanol–water partition coefficient (Wildman–Crippen LogP) is 1.01. The second-order valence-corrected chi connectivity index (χ2v) is 3.19. The monoisotopic (exact) mass is 181 g/mol. The molecule has 0 atom stereocenters. The Morgan fingerprint density at radius 2 is 2.23 bits per heavy atom. The Labute approximate surface area is 77.7 Å². The number of nitrogens with two attached hydrogens (primary N) is 1. The number of anilines is 1. The summed E-state index contributed by atoms with van der Waals surface area (Å²) >= 11 is 0. The van der Waals surface area contributed by atoms with Crippen LogP contribution in [0.4, 0.5) is 5.82 Å². The van der Waals surface area contributed by atoms with Crippen molar-refractivity contribution in [2.75, 3.05) is 12.8 Å². The molecule has 0 aliphatic heterocycles. The van der Waals surface area contributed by atoms with Crippen LogP contribution >= 0.6 is 0 Å². The van der Waals surface area contributed by atoms with Crippen molar-refractivity contribution in [3.8, 4) is 0 Å². The molecule has 0 aliphatic rings. The van der Waals surface area contributed by atoms with Crippen LogP contribution in [-0.4, -0.2) is 17.5 Å². The maximum Gasteiger partial charge on any atom is 0.254 e. The Morgan fingerprint density at radius 1 is 1.62 bits per heavy atom. The SMILES string of the molecule is CNC(=O)c1ccn(C(C)C)c1N. The number of rotatable bonds is 2. The molecule has 13 heavy (non-hydrogen) atoms. The van der Waals surface area contributed by atoms with Crippen molar-refractivity contribution in [2.45, 2.75) is 19.9 Å². The highest BCUT2D eigenvalue weighted by Crippen LogP contribution is 2.18. The van der Waals surface area contributed by atoms with Gasteiger partial charge in [0.2, 0.25) is 0 Å². The van der Waals surface area contributed by atoms with Gasteiger partial charge in [-0.1, -0.05) is 0 Å². The zero-order valence-electron chi connectivity index (χ0n) is 8.16. The van der Waals surface area contributed by atoms with Crippen LogP contribution in [0.2, 0.25) is 0 Å². The molecule has 1 aromatic rings. The fourth-order valence-electron chi connectivity index (χ4n) is 1.24. The molecule has 1 heterocycles. The number of amides is 1. The van der Waals surface area contributed by atoms with E-state index in [1.807, 2.05) is 24.6 Å². The summed E-state index contributed by atoms with van der Waals surface area (Å²) in [6.45, 7) is 4.04. The van der Waals surface area contributed by atoms with E-state index in [2.05, 4.69) is 5.32 Å². The number of nitrogens with one attached hydrogen (secondary N) is 1. The fraction of sp³-hybridized carbons (Fsp3) is 0.444. The summed E-state index contributed by atoms with van der Waals surface area (Å²) in [7, 11) is 1.59. The van der Waals surface area contributed by atoms with Crippen molar-refractivity contribution in [3.05, 3.63) is 17.8 Å². The molecule has 0 unspecified atom stereocenters. The molecule has 0 saturated heterocycles. The molecule has 3 N–H and O–H groups in total. The van der Waals surface area contributed by atoms with Crippen LogP contribution < -0.4 is 11.1 Å². The Hall–Kier alpha value is -1.45. The van der Waals surface area contributed by atoms with Gasteiger partial charge in [-0.05, 0) is 19.9 Å². The number of nitrogen functional groups attached to an aromatic ring is 1. The summed E-state index contributed by atoms with van der Waals surface area (Å²) in [5, 5.41) is 2.54. The highest BCUT2D eigenvalue weighted by molar-refractivity contribution is 5.98. The standard InChI is InChI=1S/C9H15N3O/c1-6(2)12-5-4-7(8(12)10)9(13)11-3/h4-6H,10H2,1-3H3,(H,11,13). The summed E-state index contributed by atoms with van der Waals surface area (Å²) in [4.78, 5) is 11.3. The third kappa shape index (κ3) is 1.66. The molecule has 1 rings (SSSR count). The Balaban J connectivity index is 3.06. The summed E-state index contributed by atoms with van der Waals surface area (Å²) in [6, 6.07) is 2.01. The van der Waals surface area contributed by atoms with E-state index in [1.54, 1.807) is 13.1 Å². The fourth-order valence-corrected chi connectivity index (χ4v) is 1.24. The van der Waals surface area contributed by atoms with Crippen LogP contribution in [0.25, 0.3) is 0 Å². The lowest BCUT2D eigenvalue weighted by atomic mass is 10.3. The molecule has 1 aromatic heterocycles. The molecule has 1 amide bonds. The van der Waals surface area contributed by atoms with Gasteiger partial charge in [-0.3, -0.25) is 4.79 Å². The first-order chi connectivity index (χ1) is 6.07. The second-order valence-electron chi connectivity index (χ2n) is 3.19. The van der Waals surface area contributed by atoms with E-state index < -0.39 is 0 Å². The Kier molecular flexibility index (Phi) is 2.60. The van der Waals surface area contributed by atoms with E-state index in [0.29, 0.717) is 11.4 Å². The molecule has 4 nitrogen and oxygen atoms in total. The van der Waals surface area contributed by atoms with Crippen LogP contribution in [0.5, 0.6) is 0 Å². The van der Waals surface area contributed by atoms with Crippen LogP contribution in [0.3, 0.4) is 0 Å². The molecule has 0 fully saturated rings. The minimum absolute atomic E-state index is 0.142. The minimum atomic E-state index is -0.142. The van der Waals surface area contributed by atoms with Gasteiger partial charge < -0.3 is 15.6 Å². The van der Waals surface area contributed by atoms with Gasteiger partial charge in [0.05, 0.1) is 5.56 Å². The normalized spacial score (nSPS) is 10.5. The van der Waals surface area contributed by atoms with E-state index in [1.165, 1.54) is 0 Å². The van der Waals surface area contributed by atoms with Crippen LogP contribution in [0.15, 0.2) is 12.3 Å². The summed E-state index contributed by atoms with van der Waals surface area (Å²) < 4.78 is 1.87.